The van der Waals surface area contributed by atoms with E-state index in [0.29, 0.717) is 34.3 Å². The molecular formula is C69H77F3N12O11. The second-order valence-electron chi connectivity index (χ2n) is 23.7. The number of nitrogens with two attached hydrogens (primary N) is 3. The lowest BCUT2D eigenvalue weighted by Crippen LogP contribution is -2.59. The minimum Gasteiger partial charge on any atom is -0.497 e. The Kier molecular flexibility index (Phi) is 21.5. The second-order valence-corrected chi connectivity index (χ2v) is 23.7. The fraction of sp³-hybridized carbons (Fsp3) is 0.290. The van der Waals surface area contributed by atoms with Crippen LogP contribution in [-0.2, 0) is 52.8 Å². The van der Waals surface area contributed by atoms with Gasteiger partial charge >= 0.3 is 12.1 Å². The number of amides is 6. The van der Waals surface area contributed by atoms with Gasteiger partial charge in [-0.15, -0.1) is 0 Å². The number of aliphatic carboxylic acids is 1. The number of halogens is 3. The largest absolute Gasteiger partial charge is 0.497 e. The maximum Gasteiger partial charge on any atom is 0.490 e. The van der Waals surface area contributed by atoms with Crippen LogP contribution in [0, 0.1) is 20.8 Å². The Morgan fingerprint density at radius 2 is 0.684 bits per heavy atom. The van der Waals surface area contributed by atoms with E-state index in [4.69, 9.17) is 41.3 Å². The van der Waals surface area contributed by atoms with Crippen LogP contribution < -0.4 is 63.3 Å². The smallest absolute Gasteiger partial charge is 0.490 e. The molecule has 500 valence electrons. The molecule has 3 atom stereocenters. The van der Waals surface area contributed by atoms with Crippen molar-refractivity contribution in [1.82, 2.24) is 30.9 Å². The van der Waals surface area contributed by atoms with E-state index in [1.54, 1.807) is 78.5 Å². The number of ether oxygens (including phenoxy) is 3. The number of fused-ring (bicyclic) bond motifs is 3. The van der Waals surface area contributed by atoms with E-state index in [-0.39, 0.29) is 38.9 Å². The number of methoxy groups -OCH3 is 3. The summed E-state index contributed by atoms with van der Waals surface area (Å²) in [4.78, 5) is 102. The van der Waals surface area contributed by atoms with Crippen molar-refractivity contribution < 1.29 is 66.1 Å². The van der Waals surface area contributed by atoms with Gasteiger partial charge in [0.25, 0.3) is 17.7 Å². The molecule has 0 aliphatic heterocycles. The number of nitrogens with one attached hydrogen (secondary N) is 9. The van der Waals surface area contributed by atoms with Crippen molar-refractivity contribution in [3.63, 3.8) is 0 Å². The molecule has 23 nitrogen and oxygen atoms in total. The standard InChI is InChI=1S/C67H76N12O9.C2HF3O2/c1-37-49(52-28-46(86-7)22-25-55(52)71-37)31-58(80)77-65(4,34-68)62(83)74-43-16-10-40(11-17-43)61(41-12-18-44(19-13-41)75-63(84)66(5,35-69)78-59(81)32-50-38(2)72-56-26-23-47(87-8)29-53(50)56)42-14-20-45(21-15-42)76-64(85)67(6,36-70)79-60(82)33-51-39(3)73-57-27-24-48(88-9)30-54(51)57;3-2(4,5)1(6)7/h10-30,61,71-73H,31-36,68-70H2,1-9H3,(H,74,83)(H,75,84)(H,76,85)(H,77,80)(H,78,81)(H,79,82);(H,6,7)/t65-,66-,67-;/m1./s1. The first-order chi connectivity index (χ1) is 45.0. The summed E-state index contributed by atoms with van der Waals surface area (Å²) in [6.07, 6.45) is -5.12. The number of H-pyrrole nitrogens is 3. The van der Waals surface area contributed by atoms with Crippen LogP contribution >= 0.6 is 0 Å². The van der Waals surface area contributed by atoms with Crippen LogP contribution in [0.3, 0.4) is 0 Å². The van der Waals surface area contributed by atoms with Crippen molar-refractivity contribution >= 4 is 91.2 Å². The molecule has 0 aliphatic rings. The Hall–Kier alpha value is -10.7. The third kappa shape index (κ3) is 16.2. The van der Waals surface area contributed by atoms with Gasteiger partial charge in [0.05, 0.1) is 40.6 Å². The van der Waals surface area contributed by atoms with E-state index in [1.165, 1.54) is 0 Å². The number of carboxylic acid groups (broad SMARTS) is 1. The monoisotopic (exact) mass is 1310 g/mol. The van der Waals surface area contributed by atoms with Gasteiger partial charge in [0.1, 0.15) is 33.9 Å². The molecule has 95 heavy (non-hydrogen) atoms. The van der Waals surface area contributed by atoms with Crippen molar-refractivity contribution in [2.24, 2.45) is 17.2 Å². The van der Waals surface area contributed by atoms with Gasteiger partial charge in [0, 0.05) is 92.4 Å². The number of benzene rings is 6. The number of aromatic nitrogens is 3. The zero-order valence-electron chi connectivity index (χ0n) is 53.8. The van der Waals surface area contributed by atoms with Gasteiger partial charge in [-0.05, 0) is 166 Å². The molecule has 0 unspecified atom stereocenters. The number of alkyl halides is 3. The number of hydrogen-bond acceptors (Lipinski definition) is 13. The third-order valence-corrected chi connectivity index (χ3v) is 16.7. The maximum atomic E-state index is 14.0. The van der Waals surface area contributed by atoms with E-state index >= 15 is 0 Å². The Bertz CT molecular complexity index is 3920. The highest BCUT2D eigenvalue weighted by atomic mass is 19.4. The van der Waals surface area contributed by atoms with E-state index < -0.39 is 70.1 Å². The van der Waals surface area contributed by atoms with Crippen LogP contribution in [0.25, 0.3) is 32.7 Å². The van der Waals surface area contributed by atoms with Crippen molar-refractivity contribution in [3.05, 3.63) is 178 Å². The summed E-state index contributed by atoms with van der Waals surface area (Å²) in [5.41, 5.74) is 25.2. The molecule has 3 heterocycles. The lowest BCUT2D eigenvalue weighted by molar-refractivity contribution is -0.192. The van der Waals surface area contributed by atoms with Crippen molar-refractivity contribution in [2.75, 3.05) is 56.9 Å². The molecule has 6 amide bonds. The number of rotatable bonds is 24. The van der Waals surface area contributed by atoms with Crippen LogP contribution in [-0.4, -0.2) is 125 Å². The quantitative estimate of drug-likeness (QED) is 0.0256. The van der Waals surface area contributed by atoms with Crippen LogP contribution in [0.4, 0.5) is 30.2 Å². The molecule has 3 aromatic heterocycles. The van der Waals surface area contributed by atoms with E-state index in [2.05, 4.69) is 46.9 Å². The highest BCUT2D eigenvalue weighted by Gasteiger charge is 2.39. The fourth-order valence-electron chi connectivity index (χ4n) is 10.9. The normalized spacial score (nSPS) is 13.3. The summed E-state index contributed by atoms with van der Waals surface area (Å²) in [5, 5.41) is 27.1. The highest BCUT2D eigenvalue weighted by molar-refractivity contribution is 6.04. The predicted molar refractivity (Wildman–Crippen MR) is 357 cm³/mol. The Balaban J connectivity index is 0.00000156. The van der Waals surface area contributed by atoms with Crippen LogP contribution in [0.2, 0.25) is 0 Å². The van der Waals surface area contributed by atoms with Crippen LogP contribution in [0.15, 0.2) is 127 Å². The number of anilines is 3. The molecule has 0 bridgehead atoms. The minimum absolute atomic E-state index is 0.0112. The van der Waals surface area contributed by atoms with E-state index in [0.717, 1.165) is 83.2 Å². The summed E-state index contributed by atoms with van der Waals surface area (Å²) < 4.78 is 48.0. The van der Waals surface area contributed by atoms with Gasteiger partial charge in [-0.25, -0.2) is 4.79 Å². The summed E-state index contributed by atoms with van der Waals surface area (Å²) >= 11 is 0. The van der Waals surface area contributed by atoms with E-state index in [1.807, 2.05) is 112 Å². The van der Waals surface area contributed by atoms with Gasteiger partial charge in [-0.2, -0.15) is 13.2 Å². The van der Waals surface area contributed by atoms with Crippen molar-refractivity contribution in [2.45, 2.75) is 89.5 Å². The SMILES string of the molecule is COc1ccc2[nH]c(C)c(CC(=O)N[C@](C)(CN)C(=O)Nc3ccc(C(c4ccc(NC(=O)[C@@](C)(CN)NC(=O)Cc5c(C)[nH]c6ccc(OC)cc56)cc4)c4ccc(NC(=O)[C@@](C)(CN)NC(=O)Cc5c(C)[nH]c6ccc(OC)cc56)cc4)cc3)c2c1.O=C(O)C(F)(F)F. The molecule has 6 aromatic carbocycles. The Morgan fingerprint density at radius 1 is 0.442 bits per heavy atom. The molecule has 9 rings (SSSR count). The zero-order chi connectivity index (χ0) is 69.3. The van der Waals surface area contributed by atoms with Crippen molar-refractivity contribution in [3.8, 4) is 17.2 Å². The second kappa shape index (κ2) is 29.1. The zero-order valence-corrected chi connectivity index (χ0v) is 53.8. The molecule has 26 heteroatoms. The Morgan fingerprint density at radius 3 is 0.895 bits per heavy atom. The summed E-state index contributed by atoms with van der Waals surface area (Å²) in [7, 11) is 4.73. The molecule has 16 N–H and O–H groups in total. The molecule has 0 radical (unpaired) electrons. The van der Waals surface area contributed by atoms with Gasteiger partial charge in [-0.1, -0.05) is 36.4 Å². The molecule has 0 saturated carbocycles. The Labute approximate surface area is 544 Å². The molecule has 0 saturated heterocycles. The maximum absolute atomic E-state index is 14.0. The predicted octanol–water partition coefficient (Wildman–Crippen LogP) is 7.94. The van der Waals surface area contributed by atoms with Gasteiger partial charge < -0.3 is 83.4 Å². The lowest BCUT2D eigenvalue weighted by atomic mass is 9.85. The molecule has 9 aromatic rings. The van der Waals surface area contributed by atoms with Crippen LogP contribution in [0.5, 0.6) is 17.2 Å². The topological polar surface area (TPSA) is 365 Å². The number of aryl methyl sites for hydroxylation is 3. The molecule has 0 aliphatic carbocycles. The number of hydrogen-bond donors (Lipinski definition) is 13. The average Bonchev–Trinajstić information content (AvgIpc) is 1.81. The first-order valence-electron chi connectivity index (χ1n) is 30.0. The first-order valence-corrected chi connectivity index (χ1v) is 30.0. The number of carbonyl (C=O) groups excluding carboxylic acids is 6. The molecular weight excluding hydrogens is 1230 g/mol. The number of carboxylic acids is 1. The van der Waals surface area contributed by atoms with Gasteiger partial charge in [0.15, 0.2) is 0 Å². The highest BCUT2D eigenvalue weighted by Crippen LogP contribution is 2.36. The average molecular weight is 1310 g/mol. The number of aromatic amines is 3. The summed E-state index contributed by atoms with van der Waals surface area (Å²) in [6.45, 7) is 9.79. The lowest BCUT2D eigenvalue weighted by Gasteiger charge is -2.28. The van der Waals surface area contributed by atoms with Crippen molar-refractivity contribution in [1.29, 1.82) is 0 Å². The van der Waals surface area contributed by atoms with Gasteiger partial charge in [0.2, 0.25) is 17.7 Å². The minimum atomic E-state index is -5.08. The fourth-order valence-corrected chi connectivity index (χ4v) is 10.9. The molecule has 0 spiro atoms. The summed E-state index contributed by atoms with van der Waals surface area (Å²) in [6, 6.07) is 38.5. The first kappa shape index (κ1) is 70.2. The van der Waals surface area contributed by atoms with E-state index in [9.17, 15) is 41.9 Å². The summed E-state index contributed by atoms with van der Waals surface area (Å²) in [5.74, 6) is -4.02. The molecule has 0 fully saturated rings. The van der Waals surface area contributed by atoms with Crippen LogP contribution in [0.1, 0.15) is 77.2 Å². The van der Waals surface area contributed by atoms with Gasteiger partial charge in [-0.3, -0.25) is 28.8 Å². The number of carbonyl (C=O) groups is 7. The third-order valence-electron chi connectivity index (χ3n) is 16.7.